The first-order valence-corrected chi connectivity index (χ1v) is 7.16. The van der Waals surface area contributed by atoms with E-state index in [1.54, 1.807) is 35.0 Å². The smallest absolute Gasteiger partial charge is 0.280 e. The lowest BCUT2D eigenvalue weighted by Gasteiger charge is -2.21. The van der Waals surface area contributed by atoms with E-state index in [9.17, 15) is 14.9 Å². The van der Waals surface area contributed by atoms with E-state index in [-0.39, 0.29) is 18.0 Å². The molecule has 1 atom stereocenters. The SMILES string of the molecule is O=C1CC(c2ccc(-c3ccccc3[N+](=O)[O-])o2)n2ncnc2N1. The Morgan fingerprint density at radius 3 is 2.96 bits per heavy atom. The Kier molecular flexibility index (Phi) is 3.12. The van der Waals surface area contributed by atoms with Gasteiger partial charge in [-0.3, -0.25) is 20.2 Å². The number of rotatable bonds is 3. The maximum absolute atomic E-state index is 11.8. The highest BCUT2D eigenvalue weighted by molar-refractivity contribution is 5.91. The molecule has 0 aliphatic carbocycles. The van der Waals surface area contributed by atoms with Crippen molar-refractivity contribution in [1.82, 2.24) is 14.8 Å². The lowest BCUT2D eigenvalue weighted by atomic mass is 10.1. The van der Waals surface area contributed by atoms with Crippen molar-refractivity contribution in [2.24, 2.45) is 0 Å². The highest BCUT2D eigenvalue weighted by Gasteiger charge is 2.30. The molecule has 3 aromatic rings. The molecule has 24 heavy (non-hydrogen) atoms. The molecule has 0 bridgehead atoms. The Morgan fingerprint density at radius 1 is 1.29 bits per heavy atom. The fourth-order valence-electron chi connectivity index (χ4n) is 2.74. The van der Waals surface area contributed by atoms with Crippen LogP contribution in [0, 0.1) is 10.1 Å². The number of hydrogen-bond acceptors (Lipinski definition) is 6. The number of amides is 1. The van der Waals surface area contributed by atoms with Gasteiger partial charge in [-0.1, -0.05) is 12.1 Å². The van der Waals surface area contributed by atoms with E-state index in [1.165, 1.54) is 12.4 Å². The van der Waals surface area contributed by atoms with Gasteiger partial charge in [0.05, 0.1) is 16.9 Å². The standard InChI is InChI=1S/C15H11N5O4/c21-14-7-11(19-15(18-14)16-8-17-19)13-6-5-12(24-13)9-3-1-2-4-10(9)20(22)23/h1-6,8,11H,7H2,(H,16,17,18,21). The molecule has 9 nitrogen and oxygen atoms in total. The van der Waals surface area contributed by atoms with E-state index in [0.717, 1.165) is 0 Å². The first kappa shape index (κ1) is 14.1. The summed E-state index contributed by atoms with van der Waals surface area (Å²) >= 11 is 0. The number of carbonyl (C=O) groups excluding carboxylic acids is 1. The minimum atomic E-state index is -0.457. The molecule has 3 heterocycles. The molecule has 1 aliphatic heterocycles. The summed E-state index contributed by atoms with van der Waals surface area (Å²) in [5.41, 5.74) is 0.342. The molecule has 2 aromatic heterocycles. The maximum atomic E-state index is 11.8. The number of aromatic nitrogens is 3. The lowest BCUT2D eigenvalue weighted by Crippen LogP contribution is -2.29. The van der Waals surface area contributed by atoms with Crippen molar-refractivity contribution in [3.63, 3.8) is 0 Å². The molecule has 9 heteroatoms. The van der Waals surface area contributed by atoms with Gasteiger partial charge in [0.25, 0.3) is 5.69 Å². The highest BCUT2D eigenvalue weighted by atomic mass is 16.6. The van der Waals surface area contributed by atoms with Crippen molar-refractivity contribution in [2.75, 3.05) is 5.32 Å². The number of benzene rings is 1. The van der Waals surface area contributed by atoms with Gasteiger partial charge >= 0.3 is 0 Å². The predicted octanol–water partition coefficient (Wildman–Crippen LogP) is 2.38. The van der Waals surface area contributed by atoms with Crippen LogP contribution in [0.25, 0.3) is 11.3 Å². The Morgan fingerprint density at radius 2 is 2.12 bits per heavy atom. The van der Waals surface area contributed by atoms with Gasteiger partial charge in [0.15, 0.2) is 0 Å². The third kappa shape index (κ3) is 2.22. The van der Waals surface area contributed by atoms with Gasteiger partial charge < -0.3 is 4.42 Å². The fourth-order valence-corrected chi connectivity index (χ4v) is 2.74. The van der Waals surface area contributed by atoms with Gasteiger partial charge in [0.1, 0.15) is 23.9 Å². The van der Waals surface area contributed by atoms with Crippen LogP contribution in [0.4, 0.5) is 11.6 Å². The molecular weight excluding hydrogens is 314 g/mol. The van der Waals surface area contributed by atoms with E-state index in [0.29, 0.717) is 23.0 Å². The quantitative estimate of drug-likeness (QED) is 0.584. The van der Waals surface area contributed by atoms with Crippen molar-refractivity contribution in [3.05, 3.63) is 58.6 Å². The summed E-state index contributed by atoms with van der Waals surface area (Å²) in [6.07, 6.45) is 1.50. The minimum absolute atomic E-state index is 0.0405. The van der Waals surface area contributed by atoms with Crippen LogP contribution in [0.1, 0.15) is 18.2 Å². The third-order valence-electron chi connectivity index (χ3n) is 3.82. The molecule has 0 spiro atoms. The van der Waals surface area contributed by atoms with E-state index < -0.39 is 11.0 Å². The number of fused-ring (bicyclic) bond motifs is 1. The van der Waals surface area contributed by atoms with Gasteiger partial charge in [-0.2, -0.15) is 10.1 Å². The molecule has 0 saturated carbocycles. The molecule has 0 saturated heterocycles. The molecular formula is C15H11N5O4. The summed E-state index contributed by atoms with van der Waals surface area (Å²) in [6.45, 7) is 0. The van der Waals surface area contributed by atoms with E-state index in [1.807, 2.05) is 0 Å². The molecule has 1 aromatic carbocycles. The summed E-state index contributed by atoms with van der Waals surface area (Å²) in [5.74, 6) is 1.01. The highest BCUT2D eigenvalue weighted by Crippen LogP contribution is 2.35. The zero-order valence-electron chi connectivity index (χ0n) is 12.2. The molecule has 1 unspecified atom stereocenters. The predicted molar refractivity (Wildman–Crippen MR) is 82.2 cm³/mol. The molecule has 1 aliphatic rings. The second-order valence-corrected chi connectivity index (χ2v) is 5.27. The zero-order chi connectivity index (χ0) is 16.7. The molecule has 1 amide bonds. The van der Waals surface area contributed by atoms with Crippen LogP contribution in [0.3, 0.4) is 0 Å². The van der Waals surface area contributed by atoms with Crippen LogP contribution in [0.2, 0.25) is 0 Å². The van der Waals surface area contributed by atoms with Gasteiger partial charge in [0, 0.05) is 6.07 Å². The number of hydrogen-bond donors (Lipinski definition) is 1. The second-order valence-electron chi connectivity index (χ2n) is 5.27. The van der Waals surface area contributed by atoms with Crippen LogP contribution < -0.4 is 5.32 Å². The summed E-state index contributed by atoms with van der Waals surface area (Å²) in [4.78, 5) is 26.5. The van der Waals surface area contributed by atoms with E-state index in [4.69, 9.17) is 4.42 Å². The summed E-state index contributed by atoms with van der Waals surface area (Å²) < 4.78 is 7.36. The van der Waals surface area contributed by atoms with E-state index >= 15 is 0 Å². The Bertz CT molecular complexity index is 945. The third-order valence-corrected chi connectivity index (χ3v) is 3.82. The van der Waals surface area contributed by atoms with Crippen molar-refractivity contribution >= 4 is 17.5 Å². The summed E-state index contributed by atoms with van der Waals surface area (Å²) in [7, 11) is 0. The number of carbonyl (C=O) groups is 1. The number of nitro groups is 1. The van der Waals surface area contributed by atoms with Gasteiger partial charge in [0.2, 0.25) is 11.9 Å². The van der Waals surface area contributed by atoms with Crippen LogP contribution in [0.5, 0.6) is 0 Å². The number of nitro benzene ring substituents is 1. The van der Waals surface area contributed by atoms with Gasteiger partial charge in [-0.05, 0) is 18.2 Å². The number of para-hydroxylation sites is 1. The van der Waals surface area contributed by atoms with Gasteiger partial charge in [-0.25, -0.2) is 4.68 Å². The first-order valence-electron chi connectivity index (χ1n) is 7.16. The minimum Gasteiger partial charge on any atom is -0.459 e. The Balaban J connectivity index is 1.75. The van der Waals surface area contributed by atoms with Crippen LogP contribution in [0.15, 0.2) is 47.1 Å². The average Bonchev–Trinajstić information content (AvgIpc) is 3.23. The number of nitrogens with zero attached hydrogens (tertiary/aromatic N) is 4. The zero-order valence-corrected chi connectivity index (χ0v) is 12.2. The van der Waals surface area contributed by atoms with Crippen LogP contribution in [-0.4, -0.2) is 25.6 Å². The Hall–Kier alpha value is -3.49. The normalized spacial score (nSPS) is 16.5. The molecule has 1 N–H and O–H groups in total. The monoisotopic (exact) mass is 325 g/mol. The largest absolute Gasteiger partial charge is 0.459 e. The topological polar surface area (TPSA) is 116 Å². The van der Waals surface area contributed by atoms with Crippen LogP contribution in [-0.2, 0) is 4.79 Å². The number of nitrogens with one attached hydrogen (secondary N) is 1. The molecule has 120 valence electrons. The number of anilines is 1. The molecule has 4 rings (SSSR count). The van der Waals surface area contributed by atoms with Crippen molar-refractivity contribution in [1.29, 1.82) is 0 Å². The average molecular weight is 325 g/mol. The Labute approximate surface area is 135 Å². The number of furan rings is 1. The second kappa shape index (κ2) is 5.30. The summed E-state index contributed by atoms with van der Waals surface area (Å²) in [5, 5.41) is 17.9. The van der Waals surface area contributed by atoms with Crippen molar-refractivity contribution < 1.29 is 14.1 Å². The summed E-state index contributed by atoms with van der Waals surface area (Å²) in [6, 6.07) is 9.25. The molecule has 0 radical (unpaired) electrons. The van der Waals surface area contributed by atoms with Crippen LogP contribution >= 0.6 is 0 Å². The fraction of sp³-hybridized carbons (Fsp3) is 0.133. The van der Waals surface area contributed by atoms with Crippen molar-refractivity contribution in [2.45, 2.75) is 12.5 Å². The van der Waals surface area contributed by atoms with Gasteiger partial charge in [-0.15, -0.1) is 0 Å². The lowest BCUT2D eigenvalue weighted by molar-refractivity contribution is -0.384. The van der Waals surface area contributed by atoms with Crippen molar-refractivity contribution in [3.8, 4) is 11.3 Å². The maximum Gasteiger partial charge on any atom is 0.280 e. The van der Waals surface area contributed by atoms with E-state index in [2.05, 4.69) is 15.4 Å². The first-order chi connectivity index (χ1) is 11.6. The molecule has 0 fully saturated rings.